The number of rotatable bonds is 2. The second kappa shape index (κ2) is 7.21. The molecule has 0 N–H and O–H groups in total. The van der Waals surface area contributed by atoms with E-state index in [-0.39, 0.29) is 6.04 Å². The van der Waals surface area contributed by atoms with Crippen LogP contribution in [0.15, 0.2) is 24.3 Å². The minimum atomic E-state index is -0.423. The minimum absolute atomic E-state index is 0.161. The lowest BCUT2D eigenvalue weighted by Gasteiger charge is -2.32. The Hall–Kier alpha value is -1.66. The van der Waals surface area contributed by atoms with Gasteiger partial charge in [-0.15, -0.1) is 0 Å². The molecule has 1 aromatic carbocycles. The number of ether oxygens (including phenoxy) is 1. The topological polar surface area (TPSA) is 29.5 Å². The highest BCUT2D eigenvalue weighted by Crippen LogP contribution is 2.29. The Morgan fingerprint density at radius 3 is 2.75 bits per heavy atom. The average Bonchev–Trinajstić information content (AvgIpc) is 2.46. The molecule has 2 rings (SSSR count). The number of nitrogens with zero attached hydrogens (tertiary/aromatic N) is 1. The van der Waals surface area contributed by atoms with Crippen molar-refractivity contribution >= 4 is 23.4 Å². The molecule has 0 aromatic heterocycles. The van der Waals surface area contributed by atoms with Crippen LogP contribution in [0.2, 0.25) is 5.02 Å². The molecule has 1 fully saturated rings. The lowest BCUT2D eigenvalue weighted by Crippen LogP contribution is -2.41. The first-order chi connectivity index (χ1) is 9.72. The van der Waals surface area contributed by atoms with Gasteiger partial charge in [0.25, 0.3) is 0 Å². The predicted molar refractivity (Wildman–Crippen MR) is 80.7 cm³/mol. The molecule has 0 heterocycles. The third-order valence-electron chi connectivity index (χ3n) is 3.46. The number of hydrogen-bond donors (Lipinski definition) is 0. The van der Waals surface area contributed by atoms with Crippen molar-refractivity contribution < 1.29 is 9.53 Å². The SMILES string of the molecule is CC#COC(=O)N(c1cccc(Cl)c1)C1CCCCC1. The van der Waals surface area contributed by atoms with Gasteiger partial charge < -0.3 is 4.74 Å². The van der Waals surface area contributed by atoms with Gasteiger partial charge in [-0.3, -0.25) is 4.90 Å². The van der Waals surface area contributed by atoms with E-state index in [0.717, 1.165) is 31.4 Å². The van der Waals surface area contributed by atoms with Gasteiger partial charge in [0, 0.05) is 23.7 Å². The lowest BCUT2D eigenvalue weighted by molar-refractivity contribution is 0.194. The van der Waals surface area contributed by atoms with E-state index in [1.807, 2.05) is 12.1 Å². The van der Waals surface area contributed by atoms with Crippen LogP contribution < -0.4 is 4.90 Å². The summed E-state index contributed by atoms with van der Waals surface area (Å²) in [6.45, 7) is 1.64. The highest BCUT2D eigenvalue weighted by Gasteiger charge is 2.28. The van der Waals surface area contributed by atoms with E-state index in [9.17, 15) is 4.79 Å². The van der Waals surface area contributed by atoms with Crippen LogP contribution in [-0.4, -0.2) is 12.1 Å². The van der Waals surface area contributed by atoms with Gasteiger partial charge in [0.1, 0.15) is 6.11 Å². The van der Waals surface area contributed by atoms with Crippen LogP contribution in [0.4, 0.5) is 10.5 Å². The van der Waals surface area contributed by atoms with E-state index >= 15 is 0 Å². The molecule has 4 heteroatoms. The number of halogens is 1. The molecule has 3 nitrogen and oxygen atoms in total. The molecule has 0 aliphatic heterocycles. The lowest BCUT2D eigenvalue weighted by atomic mass is 9.94. The van der Waals surface area contributed by atoms with Crippen molar-refractivity contribution in [3.63, 3.8) is 0 Å². The first-order valence-electron chi connectivity index (χ1n) is 6.89. The summed E-state index contributed by atoms with van der Waals surface area (Å²) in [6.07, 6.45) is 7.42. The van der Waals surface area contributed by atoms with Crippen molar-refractivity contribution in [3.05, 3.63) is 29.3 Å². The Balaban J connectivity index is 2.26. The Morgan fingerprint density at radius 1 is 1.35 bits per heavy atom. The molecular weight excluding hydrogens is 274 g/mol. The molecular formula is C16H18ClNO2. The number of amides is 1. The number of carbonyl (C=O) groups is 1. The number of benzene rings is 1. The van der Waals surface area contributed by atoms with E-state index < -0.39 is 6.09 Å². The summed E-state index contributed by atoms with van der Waals surface area (Å²) in [5.74, 6) is 2.57. The van der Waals surface area contributed by atoms with E-state index in [0.29, 0.717) is 5.02 Å². The van der Waals surface area contributed by atoms with Crippen molar-refractivity contribution in [1.29, 1.82) is 0 Å². The summed E-state index contributed by atoms with van der Waals surface area (Å²) in [5, 5.41) is 0.609. The summed E-state index contributed by atoms with van der Waals surface area (Å²) in [7, 11) is 0. The largest absolute Gasteiger partial charge is 0.428 e. The van der Waals surface area contributed by atoms with Crippen molar-refractivity contribution in [2.24, 2.45) is 0 Å². The number of carbonyl (C=O) groups excluding carboxylic acids is 1. The van der Waals surface area contributed by atoms with Gasteiger partial charge in [0.2, 0.25) is 0 Å². The molecule has 0 unspecified atom stereocenters. The van der Waals surface area contributed by atoms with Gasteiger partial charge in [0.05, 0.1) is 0 Å². The Kier molecular flexibility index (Phi) is 5.31. The molecule has 1 aromatic rings. The fourth-order valence-electron chi connectivity index (χ4n) is 2.57. The Labute approximate surface area is 124 Å². The molecule has 1 amide bonds. The zero-order valence-electron chi connectivity index (χ0n) is 11.6. The van der Waals surface area contributed by atoms with Gasteiger partial charge in [-0.05, 0) is 31.0 Å². The Morgan fingerprint density at radius 2 is 2.10 bits per heavy atom. The van der Waals surface area contributed by atoms with Crippen molar-refractivity contribution in [1.82, 2.24) is 0 Å². The van der Waals surface area contributed by atoms with Gasteiger partial charge in [-0.25, -0.2) is 4.79 Å². The standard InChI is InChI=1S/C16H18ClNO2/c1-2-11-20-16(19)18(14-8-4-3-5-9-14)15-10-6-7-13(17)12-15/h6-7,10,12,14H,3-5,8-9H2,1H3. The van der Waals surface area contributed by atoms with Crippen LogP contribution in [0.3, 0.4) is 0 Å². The summed E-state index contributed by atoms with van der Waals surface area (Å²) >= 11 is 6.03. The molecule has 0 atom stereocenters. The van der Waals surface area contributed by atoms with Crippen molar-refractivity contribution in [3.8, 4) is 12.0 Å². The highest BCUT2D eigenvalue weighted by atomic mass is 35.5. The molecule has 1 saturated carbocycles. The zero-order valence-corrected chi connectivity index (χ0v) is 12.3. The predicted octanol–water partition coefficient (Wildman–Crippen LogP) is 4.60. The van der Waals surface area contributed by atoms with Crippen LogP contribution in [0, 0.1) is 12.0 Å². The molecule has 1 aliphatic rings. The van der Waals surface area contributed by atoms with Crippen molar-refractivity contribution in [2.45, 2.75) is 45.1 Å². The number of hydrogen-bond acceptors (Lipinski definition) is 2. The summed E-state index contributed by atoms with van der Waals surface area (Å²) in [5.41, 5.74) is 0.771. The number of anilines is 1. The molecule has 1 aliphatic carbocycles. The van der Waals surface area contributed by atoms with Crippen LogP contribution in [-0.2, 0) is 4.74 Å². The zero-order chi connectivity index (χ0) is 14.4. The van der Waals surface area contributed by atoms with Gasteiger partial charge in [-0.1, -0.05) is 42.9 Å². The molecule has 0 saturated heterocycles. The summed E-state index contributed by atoms with van der Waals surface area (Å²) in [4.78, 5) is 14.0. The average molecular weight is 292 g/mol. The molecule has 0 radical (unpaired) electrons. The third-order valence-corrected chi connectivity index (χ3v) is 3.70. The molecule has 20 heavy (non-hydrogen) atoms. The summed E-state index contributed by atoms with van der Waals surface area (Å²) in [6, 6.07) is 7.46. The van der Waals surface area contributed by atoms with Crippen LogP contribution >= 0.6 is 11.6 Å². The Bertz CT molecular complexity index is 527. The van der Waals surface area contributed by atoms with Gasteiger partial charge in [-0.2, -0.15) is 0 Å². The van der Waals surface area contributed by atoms with E-state index in [2.05, 4.69) is 12.0 Å². The molecule has 0 spiro atoms. The van der Waals surface area contributed by atoms with Gasteiger partial charge >= 0.3 is 6.09 Å². The van der Waals surface area contributed by atoms with E-state index in [4.69, 9.17) is 16.3 Å². The monoisotopic (exact) mass is 291 g/mol. The molecule has 106 valence electrons. The smallest absolute Gasteiger partial charge is 0.355 e. The first-order valence-corrected chi connectivity index (χ1v) is 7.27. The van der Waals surface area contributed by atoms with Crippen molar-refractivity contribution in [2.75, 3.05) is 4.90 Å². The second-order valence-electron chi connectivity index (χ2n) is 4.86. The minimum Gasteiger partial charge on any atom is -0.355 e. The van der Waals surface area contributed by atoms with Gasteiger partial charge in [0.15, 0.2) is 0 Å². The maximum atomic E-state index is 12.3. The van der Waals surface area contributed by atoms with Crippen LogP contribution in [0.1, 0.15) is 39.0 Å². The quantitative estimate of drug-likeness (QED) is 0.746. The maximum absolute atomic E-state index is 12.3. The fraction of sp³-hybridized carbons (Fsp3) is 0.438. The third kappa shape index (κ3) is 3.68. The first kappa shape index (κ1) is 14.7. The summed E-state index contributed by atoms with van der Waals surface area (Å²) < 4.78 is 4.98. The normalized spacial score (nSPS) is 15.1. The van der Waals surface area contributed by atoms with E-state index in [1.54, 1.807) is 24.0 Å². The molecule has 0 bridgehead atoms. The van der Waals surface area contributed by atoms with Crippen LogP contribution in [0.25, 0.3) is 0 Å². The van der Waals surface area contributed by atoms with Crippen LogP contribution in [0.5, 0.6) is 0 Å². The maximum Gasteiger partial charge on any atom is 0.428 e. The second-order valence-corrected chi connectivity index (χ2v) is 5.30. The van der Waals surface area contributed by atoms with E-state index in [1.165, 1.54) is 6.42 Å². The highest BCUT2D eigenvalue weighted by molar-refractivity contribution is 6.30. The fourth-order valence-corrected chi connectivity index (χ4v) is 2.76.